The molecule has 144 valence electrons. The fraction of sp³-hybridized carbons (Fsp3) is 0.588. The Balaban J connectivity index is 0.00000576. The Morgan fingerprint density at radius 1 is 1.16 bits per heavy atom. The van der Waals surface area contributed by atoms with Crippen molar-refractivity contribution in [2.75, 3.05) is 19.6 Å². The van der Waals surface area contributed by atoms with Gasteiger partial charge in [0, 0.05) is 31.2 Å². The van der Waals surface area contributed by atoms with E-state index in [1.54, 1.807) is 17.0 Å². The number of carbonyl (C=O) groups excluding carboxylic acids is 1. The lowest BCUT2D eigenvalue weighted by atomic mass is 10.1. The van der Waals surface area contributed by atoms with Gasteiger partial charge in [-0.1, -0.05) is 19.8 Å². The van der Waals surface area contributed by atoms with Gasteiger partial charge in [-0.05, 0) is 44.5 Å². The molecule has 1 rings (SSSR count). The van der Waals surface area contributed by atoms with E-state index >= 15 is 0 Å². The Kier molecular flexibility index (Phi) is 10.9. The molecule has 8 heteroatoms. The molecule has 1 amide bonds. The highest BCUT2D eigenvalue weighted by Gasteiger charge is 2.20. The van der Waals surface area contributed by atoms with Crippen LogP contribution in [0.1, 0.15) is 50.4 Å². The maximum atomic E-state index is 12.4. The topological polar surface area (TPSA) is 92.5 Å². The summed E-state index contributed by atoms with van der Waals surface area (Å²) >= 11 is 0. The minimum Gasteiger partial charge on any atom is -0.339 e. The number of amides is 1. The van der Waals surface area contributed by atoms with E-state index in [1.165, 1.54) is 12.1 Å². The van der Waals surface area contributed by atoms with E-state index in [9.17, 15) is 13.2 Å². The molecule has 0 aliphatic carbocycles. The van der Waals surface area contributed by atoms with Gasteiger partial charge in [-0.25, -0.2) is 13.1 Å². The molecule has 0 aromatic heterocycles. The molecule has 0 spiro atoms. The SMILES string of the molecule is CCCCC(CN)NS(=O)(=O)c1ccc(C(=O)N(CC)CC)cc1.Cl. The van der Waals surface area contributed by atoms with Crippen molar-refractivity contribution in [3.05, 3.63) is 29.8 Å². The van der Waals surface area contributed by atoms with E-state index < -0.39 is 10.0 Å². The summed E-state index contributed by atoms with van der Waals surface area (Å²) in [5, 5.41) is 0. The summed E-state index contributed by atoms with van der Waals surface area (Å²) in [6.45, 7) is 7.37. The fourth-order valence-corrected chi connectivity index (χ4v) is 3.72. The third-order valence-electron chi connectivity index (χ3n) is 3.97. The van der Waals surface area contributed by atoms with Crippen molar-refractivity contribution < 1.29 is 13.2 Å². The molecule has 3 N–H and O–H groups in total. The second-order valence-corrected chi connectivity index (χ2v) is 7.41. The Hall–Kier alpha value is -1.15. The maximum Gasteiger partial charge on any atom is 0.253 e. The largest absolute Gasteiger partial charge is 0.339 e. The summed E-state index contributed by atoms with van der Waals surface area (Å²) in [6.07, 6.45) is 2.62. The van der Waals surface area contributed by atoms with Crippen LogP contribution < -0.4 is 10.5 Å². The number of carbonyl (C=O) groups is 1. The van der Waals surface area contributed by atoms with Crippen molar-refractivity contribution in [1.29, 1.82) is 0 Å². The van der Waals surface area contributed by atoms with Gasteiger partial charge in [0.05, 0.1) is 4.90 Å². The van der Waals surface area contributed by atoms with Crippen molar-refractivity contribution in [2.24, 2.45) is 5.73 Å². The first-order valence-corrected chi connectivity index (χ1v) is 9.99. The number of halogens is 1. The zero-order chi connectivity index (χ0) is 18.2. The number of nitrogens with one attached hydrogen (secondary N) is 1. The van der Waals surface area contributed by atoms with Crippen LogP contribution in [0.4, 0.5) is 0 Å². The molecule has 6 nitrogen and oxygen atoms in total. The molecule has 1 aromatic carbocycles. The molecule has 0 saturated carbocycles. The van der Waals surface area contributed by atoms with Gasteiger partial charge in [0.15, 0.2) is 0 Å². The normalized spacial score (nSPS) is 12.3. The lowest BCUT2D eigenvalue weighted by Crippen LogP contribution is -2.40. The van der Waals surface area contributed by atoms with Gasteiger partial charge in [0.2, 0.25) is 10.0 Å². The second kappa shape index (κ2) is 11.5. The maximum absolute atomic E-state index is 12.4. The summed E-state index contributed by atoms with van der Waals surface area (Å²) < 4.78 is 27.5. The van der Waals surface area contributed by atoms with Crippen LogP contribution in [0.5, 0.6) is 0 Å². The lowest BCUT2D eigenvalue weighted by Gasteiger charge is -2.19. The number of unbranched alkanes of at least 4 members (excludes halogenated alkanes) is 1. The summed E-state index contributed by atoms with van der Waals surface area (Å²) in [4.78, 5) is 14.1. The Bertz CT molecular complexity index is 617. The van der Waals surface area contributed by atoms with Crippen LogP contribution >= 0.6 is 12.4 Å². The van der Waals surface area contributed by atoms with E-state index in [2.05, 4.69) is 4.72 Å². The highest BCUT2D eigenvalue weighted by molar-refractivity contribution is 7.89. The molecule has 0 fully saturated rings. The van der Waals surface area contributed by atoms with E-state index in [0.717, 1.165) is 12.8 Å². The highest BCUT2D eigenvalue weighted by Crippen LogP contribution is 2.14. The number of sulfonamides is 1. The Morgan fingerprint density at radius 3 is 2.16 bits per heavy atom. The second-order valence-electron chi connectivity index (χ2n) is 5.70. The first kappa shape index (κ1) is 23.9. The predicted molar refractivity (Wildman–Crippen MR) is 104 cm³/mol. The zero-order valence-electron chi connectivity index (χ0n) is 15.2. The van der Waals surface area contributed by atoms with Crippen molar-refractivity contribution in [3.8, 4) is 0 Å². The molecule has 0 saturated heterocycles. The quantitative estimate of drug-likeness (QED) is 0.640. The molecule has 0 aliphatic heterocycles. The zero-order valence-corrected chi connectivity index (χ0v) is 16.8. The number of rotatable bonds is 10. The molecule has 0 radical (unpaired) electrons. The van der Waals surface area contributed by atoms with Gasteiger partial charge in [0.25, 0.3) is 5.91 Å². The number of hydrogen-bond donors (Lipinski definition) is 2. The molecule has 1 unspecified atom stereocenters. The van der Waals surface area contributed by atoms with E-state index in [-0.39, 0.29) is 35.8 Å². The number of benzene rings is 1. The average Bonchev–Trinajstić information content (AvgIpc) is 2.59. The standard InChI is InChI=1S/C17H29N3O3S.ClH/c1-4-7-8-15(13-18)19-24(22,23)16-11-9-14(10-12-16)17(21)20(5-2)6-3;/h9-12,15,19H,4-8,13,18H2,1-3H3;1H. The highest BCUT2D eigenvalue weighted by atomic mass is 35.5. The van der Waals surface area contributed by atoms with Gasteiger partial charge in [-0.15, -0.1) is 12.4 Å². The van der Waals surface area contributed by atoms with Gasteiger partial charge >= 0.3 is 0 Å². The predicted octanol–water partition coefficient (Wildman–Crippen LogP) is 2.39. The Labute approximate surface area is 157 Å². The number of hydrogen-bond acceptors (Lipinski definition) is 4. The van der Waals surface area contributed by atoms with E-state index in [4.69, 9.17) is 5.73 Å². The number of nitrogens with zero attached hydrogens (tertiary/aromatic N) is 1. The fourth-order valence-electron chi connectivity index (χ4n) is 2.43. The van der Waals surface area contributed by atoms with Crippen LogP contribution in [-0.4, -0.2) is 44.9 Å². The molecule has 1 aromatic rings. The molecule has 1 atom stereocenters. The van der Waals surface area contributed by atoms with Crippen LogP contribution in [0.3, 0.4) is 0 Å². The number of nitrogens with two attached hydrogens (primary N) is 1. The third-order valence-corrected chi connectivity index (χ3v) is 5.51. The molecule has 0 aliphatic rings. The third kappa shape index (κ3) is 6.93. The van der Waals surface area contributed by atoms with Crippen molar-refractivity contribution in [1.82, 2.24) is 9.62 Å². The van der Waals surface area contributed by atoms with Crippen LogP contribution in [0.15, 0.2) is 29.2 Å². The van der Waals surface area contributed by atoms with E-state index in [0.29, 0.717) is 25.1 Å². The lowest BCUT2D eigenvalue weighted by molar-refractivity contribution is 0.0773. The minimum absolute atomic E-state index is 0. The average molecular weight is 392 g/mol. The van der Waals surface area contributed by atoms with Crippen molar-refractivity contribution >= 4 is 28.3 Å². The van der Waals surface area contributed by atoms with E-state index in [1.807, 2.05) is 20.8 Å². The summed E-state index contributed by atoms with van der Waals surface area (Å²) in [5.41, 5.74) is 6.13. The summed E-state index contributed by atoms with van der Waals surface area (Å²) in [6, 6.07) is 5.77. The smallest absolute Gasteiger partial charge is 0.253 e. The summed E-state index contributed by atoms with van der Waals surface area (Å²) in [7, 11) is -3.63. The minimum atomic E-state index is -3.63. The van der Waals surface area contributed by atoms with Crippen LogP contribution in [0.25, 0.3) is 0 Å². The summed E-state index contributed by atoms with van der Waals surface area (Å²) in [5.74, 6) is -0.0975. The van der Waals surface area contributed by atoms with Crippen molar-refractivity contribution in [2.45, 2.75) is 51.0 Å². The van der Waals surface area contributed by atoms with Crippen molar-refractivity contribution in [3.63, 3.8) is 0 Å². The first-order chi connectivity index (χ1) is 11.4. The van der Waals surface area contributed by atoms with Crippen LogP contribution in [0.2, 0.25) is 0 Å². The van der Waals surface area contributed by atoms with Crippen LogP contribution in [-0.2, 0) is 10.0 Å². The molecular formula is C17H30ClN3O3S. The molecule has 25 heavy (non-hydrogen) atoms. The molecular weight excluding hydrogens is 362 g/mol. The molecule has 0 bridgehead atoms. The monoisotopic (exact) mass is 391 g/mol. The van der Waals surface area contributed by atoms with Gasteiger partial charge in [-0.2, -0.15) is 0 Å². The first-order valence-electron chi connectivity index (χ1n) is 8.51. The van der Waals surface area contributed by atoms with Crippen LogP contribution in [0, 0.1) is 0 Å². The Morgan fingerprint density at radius 2 is 1.72 bits per heavy atom. The van der Waals surface area contributed by atoms with Gasteiger partial charge < -0.3 is 10.6 Å². The molecule has 0 heterocycles. The van der Waals surface area contributed by atoms with Gasteiger partial charge in [-0.3, -0.25) is 4.79 Å². The van der Waals surface area contributed by atoms with Gasteiger partial charge in [0.1, 0.15) is 0 Å².